The molecule has 1 N–H and O–H groups in total. The summed E-state index contributed by atoms with van der Waals surface area (Å²) < 4.78 is 12.9. The van der Waals surface area contributed by atoms with E-state index in [0.29, 0.717) is 5.69 Å². The highest BCUT2D eigenvalue weighted by molar-refractivity contribution is 6.66. The predicted molar refractivity (Wildman–Crippen MR) is 74.9 cm³/mol. The van der Waals surface area contributed by atoms with Gasteiger partial charge in [0.25, 0.3) is 0 Å². The predicted octanol–water partition coefficient (Wildman–Crippen LogP) is 4.99. The Morgan fingerprint density at radius 1 is 0.944 bits per heavy atom. The maximum absolute atomic E-state index is 12.9. The molecule has 0 heterocycles. The molecule has 0 spiro atoms. The first-order valence-electron chi connectivity index (χ1n) is 4.71. The van der Waals surface area contributed by atoms with Crippen molar-refractivity contribution in [2.75, 3.05) is 5.43 Å². The molecule has 2 nitrogen and oxygen atoms in total. The van der Waals surface area contributed by atoms with E-state index in [1.165, 1.54) is 12.1 Å². The Bertz CT molecular complexity index is 566. The molecule has 1 aliphatic carbocycles. The summed E-state index contributed by atoms with van der Waals surface area (Å²) in [6, 6.07) is 5.78. The van der Waals surface area contributed by atoms with Gasteiger partial charge < -0.3 is 0 Å². The molecule has 1 aromatic carbocycles. The third-order valence-corrected chi connectivity index (χ3v) is 3.90. The Hall–Kier alpha value is -0.740. The molecule has 0 fully saturated rings. The van der Waals surface area contributed by atoms with Gasteiger partial charge in [-0.3, -0.25) is 5.43 Å². The number of hydrogen-bond acceptors (Lipinski definition) is 2. The van der Waals surface area contributed by atoms with Crippen LogP contribution in [-0.4, -0.2) is 5.71 Å². The Labute approximate surface area is 123 Å². The molecular weight excluding hydrogens is 321 g/mol. The molecule has 0 atom stereocenters. The monoisotopic (exact) mass is 324 g/mol. The highest BCUT2D eigenvalue weighted by atomic mass is 35.5. The summed E-state index contributed by atoms with van der Waals surface area (Å²) >= 11 is 23.4. The molecule has 1 aromatic rings. The number of halogens is 5. The van der Waals surface area contributed by atoms with Crippen molar-refractivity contribution in [1.29, 1.82) is 0 Å². The molecule has 0 aliphatic heterocycles. The molecule has 18 heavy (non-hydrogen) atoms. The third kappa shape index (κ3) is 2.64. The lowest BCUT2D eigenvalue weighted by molar-refractivity contribution is 0.628. The van der Waals surface area contributed by atoms with Gasteiger partial charge >= 0.3 is 0 Å². The van der Waals surface area contributed by atoms with Crippen molar-refractivity contribution in [2.45, 2.75) is 0 Å². The van der Waals surface area contributed by atoms with Crippen molar-refractivity contribution < 1.29 is 4.39 Å². The van der Waals surface area contributed by atoms with Crippen LogP contribution in [0, 0.1) is 5.82 Å². The first-order chi connectivity index (χ1) is 8.50. The van der Waals surface area contributed by atoms with Crippen LogP contribution in [0.15, 0.2) is 49.5 Å². The van der Waals surface area contributed by atoms with Crippen LogP contribution < -0.4 is 5.43 Å². The fourth-order valence-electron chi connectivity index (χ4n) is 1.27. The van der Waals surface area contributed by atoms with E-state index < -0.39 is 0 Å². The average Bonchev–Trinajstić information content (AvgIpc) is 2.52. The molecule has 0 bridgehead atoms. The van der Waals surface area contributed by atoms with Gasteiger partial charge in [-0.1, -0.05) is 52.5 Å². The van der Waals surface area contributed by atoms with Crippen LogP contribution in [-0.2, 0) is 0 Å². The van der Waals surface area contributed by atoms with E-state index in [9.17, 15) is 4.39 Å². The van der Waals surface area contributed by atoms with Gasteiger partial charge in [0.2, 0.25) is 0 Å². The lowest BCUT2D eigenvalue weighted by Crippen LogP contribution is -2.00. The Balaban J connectivity index is 2.26. The van der Waals surface area contributed by atoms with E-state index in [1.807, 2.05) is 0 Å². The number of nitrogens with one attached hydrogen (secondary N) is 1. The van der Waals surface area contributed by atoms with Gasteiger partial charge in [0.05, 0.1) is 25.8 Å². The van der Waals surface area contributed by atoms with Crippen LogP contribution in [0.2, 0.25) is 0 Å². The van der Waals surface area contributed by atoms with E-state index in [-0.39, 0.29) is 31.7 Å². The Kier molecular flexibility index (Phi) is 4.17. The van der Waals surface area contributed by atoms with Gasteiger partial charge in [-0.25, -0.2) is 4.39 Å². The number of allylic oxidation sites excluding steroid dienone is 4. The zero-order valence-electron chi connectivity index (χ0n) is 8.65. The van der Waals surface area contributed by atoms with E-state index in [0.717, 1.165) is 0 Å². The number of rotatable bonds is 2. The van der Waals surface area contributed by atoms with Gasteiger partial charge in [-0.2, -0.15) is 5.10 Å². The summed E-state index contributed by atoms with van der Waals surface area (Å²) in [6.07, 6.45) is 0. The lowest BCUT2D eigenvalue weighted by atomic mass is 10.3. The molecule has 0 aromatic heterocycles. The summed E-state index contributed by atoms with van der Waals surface area (Å²) in [5.74, 6) is -0.383. The summed E-state index contributed by atoms with van der Waals surface area (Å²) in [7, 11) is 0. The fraction of sp³-hybridized carbons (Fsp3) is 0. The van der Waals surface area contributed by atoms with Crippen molar-refractivity contribution in [2.24, 2.45) is 5.10 Å². The maximum atomic E-state index is 12.9. The second-order valence-electron chi connectivity index (χ2n) is 3.34. The Morgan fingerprint density at radius 2 is 1.56 bits per heavy atom. The van der Waals surface area contributed by atoms with E-state index in [2.05, 4.69) is 10.5 Å². The van der Waals surface area contributed by atoms with Gasteiger partial charge in [0.1, 0.15) is 11.5 Å². The second kappa shape index (κ2) is 5.49. The lowest BCUT2D eigenvalue weighted by Gasteiger charge is -2.02. The number of anilines is 1. The molecule has 0 saturated carbocycles. The molecule has 2 rings (SSSR count). The highest BCUT2D eigenvalue weighted by Crippen LogP contribution is 2.39. The minimum atomic E-state index is -0.383. The SMILES string of the molecule is Fc1cccc(NN=C2C(Cl)=C(Cl)C(Cl)=C2Cl)c1. The van der Waals surface area contributed by atoms with Crippen LogP contribution in [0.3, 0.4) is 0 Å². The number of nitrogens with zero attached hydrogens (tertiary/aromatic N) is 1. The van der Waals surface area contributed by atoms with Crippen molar-refractivity contribution in [3.05, 3.63) is 50.2 Å². The van der Waals surface area contributed by atoms with Crippen LogP contribution >= 0.6 is 46.4 Å². The largest absolute Gasteiger partial charge is 0.278 e. The molecule has 0 saturated heterocycles. The minimum absolute atomic E-state index is 0.142. The highest BCUT2D eigenvalue weighted by Gasteiger charge is 2.26. The van der Waals surface area contributed by atoms with Crippen LogP contribution in [0.25, 0.3) is 0 Å². The third-order valence-electron chi connectivity index (χ3n) is 2.12. The quantitative estimate of drug-likeness (QED) is 0.761. The van der Waals surface area contributed by atoms with Crippen LogP contribution in [0.1, 0.15) is 0 Å². The van der Waals surface area contributed by atoms with Crippen LogP contribution in [0.5, 0.6) is 0 Å². The van der Waals surface area contributed by atoms with Crippen LogP contribution in [0.4, 0.5) is 10.1 Å². The second-order valence-corrected chi connectivity index (χ2v) is 4.85. The minimum Gasteiger partial charge on any atom is -0.278 e. The van der Waals surface area contributed by atoms with Gasteiger partial charge in [0.15, 0.2) is 0 Å². The van der Waals surface area contributed by atoms with Crippen molar-refractivity contribution >= 4 is 57.8 Å². The number of hydrazone groups is 1. The van der Waals surface area contributed by atoms with Crippen molar-refractivity contribution in [3.8, 4) is 0 Å². The Morgan fingerprint density at radius 3 is 2.11 bits per heavy atom. The molecule has 0 amide bonds. The van der Waals surface area contributed by atoms with E-state index in [1.54, 1.807) is 12.1 Å². The first-order valence-corrected chi connectivity index (χ1v) is 6.23. The topological polar surface area (TPSA) is 24.4 Å². The summed E-state index contributed by atoms with van der Waals surface area (Å²) in [5.41, 5.74) is 3.30. The van der Waals surface area contributed by atoms with Gasteiger partial charge in [-0.15, -0.1) is 0 Å². The molecule has 7 heteroatoms. The summed E-state index contributed by atoms with van der Waals surface area (Å²) in [5, 5.41) is 4.53. The zero-order chi connectivity index (χ0) is 13.3. The van der Waals surface area contributed by atoms with E-state index >= 15 is 0 Å². The first kappa shape index (κ1) is 13.7. The van der Waals surface area contributed by atoms with E-state index in [4.69, 9.17) is 46.4 Å². The molecule has 0 radical (unpaired) electrons. The number of hydrogen-bond donors (Lipinski definition) is 1. The van der Waals surface area contributed by atoms with Gasteiger partial charge in [-0.05, 0) is 18.2 Å². The molecule has 1 aliphatic rings. The van der Waals surface area contributed by atoms with Crippen molar-refractivity contribution in [1.82, 2.24) is 0 Å². The standard InChI is InChI=1S/C11H5Cl4FN2/c12-7-8(13)10(15)11(9(7)14)18-17-6-3-1-2-5(16)4-6/h1-4,17H. The fourth-order valence-corrected chi connectivity index (χ4v) is 2.25. The maximum Gasteiger partial charge on any atom is 0.125 e. The van der Waals surface area contributed by atoms with Gasteiger partial charge in [0, 0.05) is 0 Å². The summed E-state index contributed by atoms with van der Waals surface area (Å²) in [4.78, 5) is 0. The normalized spacial score (nSPS) is 15.5. The molecule has 94 valence electrons. The zero-order valence-corrected chi connectivity index (χ0v) is 11.7. The molecular formula is C11H5Cl4FN2. The number of benzene rings is 1. The average molecular weight is 326 g/mol. The smallest absolute Gasteiger partial charge is 0.125 e. The van der Waals surface area contributed by atoms with Crippen molar-refractivity contribution in [3.63, 3.8) is 0 Å². The summed E-state index contributed by atoms with van der Waals surface area (Å²) in [6.45, 7) is 0. The molecule has 0 unspecified atom stereocenters.